The quantitative estimate of drug-likeness (QED) is 0.746. The molecule has 0 bridgehead atoms. The Morgan fingerprint density at radius 1 is 1.42 bits per heavy atom. The average Bonchev–Trinajstić information content (AvgIpc) is 2.84. The lowest BCUT2D eigenvalue weighted by Gasteiger charge is -2.11. The van der Waals surface area contributed by atoms with Gasteiger partial charge in [0, 0.05) is 18.5 Å². The van der Waals surface area contributed by atoms with E-state index in [0.29, 0.717) is 30.2 Å². The second-order valence-electron chi connectivity index (χ2n) is 4.04. The summed E-state index contributed by atoms with van der Waals surface area (Å²) in [6, 6.07) is 5.13. The van der Waals surface area contributed by atoms with Crippen molar-refractivity contribution in [1.82, 2.24) is 9.55 Å². The van der Waals surface area contributed by atoms with Crippen molar-refractivity contribution in [2.75, 3.05) is 13.7 Å². The highest BCUT2D eigenvalue weighted by Gasteiger charge is 2.05. The van der Waals surface area contributed by atoms with Crippen molar-refractivity contribution in [3.05, 3.63) is 42.0 Å². The molecule has 0 fully saturated rings. The molecular formula is C14H16N2O3. The Hall–Kier alpha value is -2.30. The first-order chi connectivity index (χ1) is 9.24. The normalized spacial score (nSPS) is 10.2. The fourth-order valence-corrected chi connectivity index (χ4v) is 1.76. The van der Waals surface area contributed by atoms with Gasteiger partial charge in [-0.05, 0) is 19.1 Å². The molecule has 5 heteroatoms. The van der Waals surface area contributed by atoms with E-state index in [0.717, 1.165) is 12.1 Å². The third kappa shape index (κ3) is 3.13. The van der Waals surface area contributed by atoms with E-state index in [-0.39, 0.29) is 0 Å². The summed E-state index contributed by atoms with van der Waals surface area (Å²) in [5, 5.41) is 0. The monoisotopic (exact) mass is 260 g/mol. The summed E-state index contributed by atoms with van der Waals surface area (Å²) in [5.74, 6) is 2.14. The fraction of sp³-hybridized carbons (Fsp3) is 0.286. The summed E-state index contributed by atoms with van der Waals surface area (Å²) < 4.78 is 12.7. The van der Waals surface area contributed by atoms with Gasteiger partial charge in [-0.15, -0.1) is 0 Å². The van der Waals surface area contributed by atoms with Gasteiger partial charge in [-0.2, -0.15) is 0 Å². The molecule has 0 radical (unpaired) electrons. The molecule has 0 unspecified atom stereocenters. The van der Waals surface area contributed by atoms with Crippen molar-refractivity contribution < 1.29 is 14.3 Å². The summed E-state index contributed by atoms with van der Waals surface area (Å²) in [7, 11) is 1.58. The number of aromatic nitrogens is 2. The van der Waals surface area contributed by atoms with Gasteiger partial charge in [-0.1, -0.05) is 0 Å². The number of nitrogens with zero attached hydrogens (tertiary/aromatic N) is 2. The average molecular weight is 260 g/mol. The van der Waals surface area contributed by atoms with Crippen LogP contribution >= 0.6 is 0 Å². The number of carbonyl (C=O) groups excluding carboxylic acids is 1. The maximum atomic E-state index is 10.9. The lowest BCUT2D eigenvalue weighted by Crippen LogP contribution is -2.09. The zero-order chi connectivity index (χ0) is 13.7. The Bertz CT molecular complexity index is 564. The summed E-state index contributed by atoms with van der Waals surface area (Å²) in [4.78, 5) is 15.1. The van der Waals surface area contributed by atoms with Gasteiger partial charge in [0.25, 0.3) is 0 Å². The molecule has 1 aromatic heterocycles. The van der Waals surface area contributed by atoms with Gasteiger partial charge in [-0.25, -0.2) is 4.98 Å². The van der Waals surface area contributed by atoms with Crippen LogP contribution in [0.3, 0.4) is 0 Å². The van der Waals surface area contributed by atoms with Crippen LogP contribution in [0.1, 0.15) is 16.2 Å². The minimum atomic E-state index is 0.463. The number of carbonyl (C=O) groups is 1. The van der Waals surface area contributed by atoms with Crippen molar-refractivity contribution in [1.29, 1.82) is 0 Å². The first-order valence-corrected chi connectivity index (χ1v) is 5.98. The largest absolute Gasteiger partial charge is 0.497 e. The molecule has 5 nitrogen and oxygen atoms in total. The van der Waals surface area contributed by atoms with Gasteiger partial charge in [0.2, 0.25) is 0 Å². The number of imidazole rings is 1. The molecule has 0 aliphatic rings. The van der Waals surface area contributed by atoms with Crippen LogP contribution in [0.5, 0.6) is 11.5 Å². The fourth-order valence-electron chi connectivity index (χ4n) is 1.76. The molecule has 0 saturated heterocycles. The van der Waals surface area contributed by atoms with Crippen molar-refractivity contribution >= 4 is 6.29 Å². The topological polar surface area (TPSA) is 53.4 Å². The van der Waals surface area contributed by atoms with Crippen molar-refractivity contribution in [3.8, 4) is 11.5 Å². The van der Waals surface area contributed by atoms with Gasteiger partial charge in [0.05, 0.1) is 19.2 Å². The highest BCUT2D eigenvalue weighted by atomic mass is 16.5. The summed E-state index contributed by atoms with van der Waals surface area (Å²) in [6.07, 6.45) is 4.42. The molecule has 19 heavy (non-hydrogen) atoms. The standard InChI is InChI=1S/C14H16N2O3/c1-11-15-5-6-16(11)7-8-19-14-9-13(18-2)4-3-12(14)10-17/h3-6,9-10H,7-8H2,1-2H3. The van der Waals surface area contributed by atoms with Crippen LogP contribution in [-0.4, -0.2) is 29.6 Å². The van der Waals surface area contributed by atoms with Crippen LogP contribution in [0.2, 0.25) is 0 Å². The van der Waals surface area contributed by atoms with E-state index in [1.165, 1.54) is 0 Å². The number of hydrogen-bond acceptors (Lipinski definition) is 4. The Morgan fingerprint density at radius 3 is 2.89 bits per heavy atom. The molecule has 0 amide bonds. The highest BCUT2D eigenvalue weighted by molar-refractivity contribution is 5.79. The third-order valence-corrected chi connectivity index (χ3v) is 2.86. The van der Waals surface area contributed by atoms with E-state index in [1.54, 1.807) is 31.5 Å². The van der Waals surface area contributed by atoms with E-state index in [9.17, 15) is 4.79 Å². The van der Waals surface area contributed by atoms with Gasteiger partial charge >= 0.3 is 0 Å². The minimum absolute atomic E-state index is 0.463. The maximum Gasteiger partial charge on any atom is 0.153 e. The Balaban J connectivity index is 2.02. The van der Waals surface area contributed by atoms with Crippen molar-refractivity contribution in [2.45, 2.75) is 13.5 Å². The number of aldehydes is 1. The SMILES string of the molecule is COc1ccc(C=O)c(OCCn2ccnc2C)c1. The van der Waals surface area contributed by atoms with Crippen molar-refractivity contribution in [3.63, 3.8) is 0 Å². The van der Waals surface area contributed by atoms with Gasteiger partial charge in [0.15, 0.2) is 6.29 Å². The summed E-state index contributed by atoms with van der Waals surface area (Å²) in [5.41, 5.74) is 0.517. The minimum Gasteiger partial charge on any atom is -0.497 e. The van der Waals surface area contributed by atoms with E-state index in [4.69, 9.17) is 9.47 Å². The second kappa shape index (κ2) is 6.04. The number of benzene rings is 1. The van der Waals surface area contributed by atoms with E-state index < -0.39 is 0 Å². The van der Waals surface area contributed by atoms with Crippen LogP contribution in [0, 0.1) is 6.92 Å². The molecule has 0 atom stereocenters. The van der Waals surface area contributed by atoms with E-state index in [2.05, 4.69) is 4.98 Å². The Kier molecular flexibility index (Phi) is 4.18. The molecule has 1 aromatic carbocycles. The molecular weight excluding hydrogens is 244 g/mol. The van der Waals surface area contributed by atoms with Crippen LogP contribution in [0.15, 0.2) is 30.6 Å². The molecule has 0 aliphatic heterocycles. The zero-order valence-corrected chi connectivity index (χ0v) is 11.0. The molecule has 2 aromatic rings. The van der Waals surface area contributed by atoms with Crippen LogP contribution in [0.25, 0.3) is 0 Å². The molecule has 1 heterocycles. The van der Waals surface area contributed by atoms with Gasteiger partial charge in [-0.3, -0.25) is 4.79 Å². The van der Waals surface area contributed by atoms with Crippen molar-refractivity contribution in [2.24, 2.45) is 0 Å². The number of hydrogen-bond donors (Lipinski definition) is 0. The first-order valence-electron chi connectivity index (χ1n) is 5.98. The lowest BCUT2D eigenvalue weighted by molar-refractivity contribution is 0.111. The smallest absolute Gasteiger partial charge is 0.153 e. The van der Waals surface area contributed by atoms with Gasteiger partial charge in [0.1, 0.15) is 23.9 Å². The van der Waals surface area contributed by atoms with Gasteiger partial charge < -0.3 is 14.0 Å². The number of methoxy groups -OCH3 is 1. The molecule has 0 saturated carbocycles. The van der Waals surface area contributed by atoms with Crippen LogP contribution in [-0.2, 0) is 6.54 Å². The molecule has 100 valence electrons. The zero-order valence-electron chi connectivity index (χ0n) is 11.0. The van der Waals surface area contributed by atoms with Crippen LogP contribution < -0.4 is 9.47 Å². The molecule has 0 N–H and O–H groups in total. The predicted molar refractivity (Wildman–Crippen MR) is 70.8 cm³/mol. The predicted octanol–water partition coefficient (Wildman–Crippen LogP) is 2.09. The lowest BCUT2D eigenvalue weighted by atomic mass is 10.2. The maximum absolute atomic E-state index is 10.9. The highest BCUT2D eigenvalue weighted by Crippen LogP contribution is 2.23. The third-order valence-electron chi connectivity index (χ3n) is 2.86. The Labute approximate surface area is 111 Å². The number of rotatable bonds is 6. The summed E-state index contributed by atoms with van der Waals surface area (Å²) >= 11 is 0. The molecule has 0 spiro atoms. The molecule has 2 rings (SSSR count). The number of ether oxygens (including phenoxy) is 2. The van der Waals surface area contributed by atoms with Crippen LogP contribution in [0.4, 0.5) is 0 Å². The molecule has 0 aliphatic carbocycles. The van der Waals surface area contributed by atoms with E-state index >= 15 is 0 Å². The first kappa shape index (κ1) is 13.1. The summed E-state index contributed by atoms with van der Waals surface area (Å²) in [6.45, 7) is 3.08. The van der Waals surface area contributed by atoms with E-state index in [1.807, 2.05) is 17.7 Å². The second-order valence-corrected chi connectivity index (χ2v) is 4.04. The number of aryl methyl sites for hydroxylation is 1. The Morgan fingerprint density at radius 2 is 2.26 bits per heavy atom.